The van der Waals surface area contributed by atoms with Crippen LogP contribution in [0.25, 0.3) is 66.4 Å². The van der Waals surface area contributed by atoms with Gasteiger partial charge in [0.05, 0.1) is 11.1 Å². The standard InChI is InChI=1S/C59H39N/c1-3-21-42(22-4-1)60(43-23-5-2-6-24-43)57-38-37-45(46-26-9-10-30-50(46)57)41-20-17-19-40(39-41)44-25-7-8-27-47(44)51-32-18-36-56-58(51)52-31-13-16-35-55(52)59(56)53-33-14-11-28-48(53)49-29-12-15-34-54(49)59/h1-39H. The zero-order chi connectivity index (χ0) is 39.6. The van der Waals surface area contributed by atoms with Crippen LogP contribution in [0, 0.1) is 0 Å². The van der Waals surface area contributed by atoms with Gasteiger partial charge < -0.3 is 4.90 Å². The Bertz CT molecular complexity index is 3180. The van der Waals surface area contributed by atoms with Crippen LogP contribution in [0.3, 0.4) is 0 Å². The summed E-state index contributed by atoms with van der Waals surface area (Å²) < 4.78 is 0. The van der Waals surface area contributed by atoms with Crippen molar-refractivity contribution in [2.24, 2.45) is 0 Å². The molecule has 12 rings (SSSR count). The van der Waals surface area contributed by atoms with Crippen molar-refractivity contribution in [1.82, 2.24) is 0 Å². The van der Waals surface area contributed by atoms with Crippen molar-refractivity contribution in [2.75, 3.05) is 4.90 Å². The topological polar surface area (TPSA) is 3.24 Å². The molecule has 1 heteroatoms. The third-order valence-electron chi connectivity index (χ3n) is 12.9. The molecule has 280 valence electrons. The highest BCUT2D eigenvalue weighted by Crippen LogP contribution is 2.64. The number of anilines is 3. The monoisotopic (exact) mass is 761 g/mol. The van der Waals surface area contributed by atoms with E-state index < -0.39 is 0 Å². The summed E-state index contributed by atoms with van der Waals surface area (Å²) in [4.78, 5) is 2.36. The summed E-state index contributed by atoms with van der Waals surface area (Å²) >= 11 is 0. The molecule has 2 aliphatic rings. The van der Waals surface area contributed by atoms with E-state index in [-0.39, 0.29) is 5.41 Å². The zero-order valence-electron chi connectivity index (χ0n) is 33.0. The second-order valence-electron chi connectivity index (χ2n) is 15.9. The molecule has 0 unspecified atom stereocenters. The molecular formula is C59H39N. The number of hydrogen-bond donors (Lipinski definition) is 0. The van der Waals surface area contributed by atoms with Crippen LogP contribution in [0.15, 0.2) is 237 Å². The molecule has 60 heavy (non-hydrogen) atoms. The molecule has 10 aromatic carbocycles. The van der Waals surface area contributed by atoms with E-state index in [1.165, 1.54) is 88.7 Å². The van der Waals surface area contributed by atoms with Crippen molar-refractivity contribution in [3.63, 3.8) is 0 Å². The van der Waals surface area contributed by atoms with Gasteiger partial charge in [0.2, 0.25) is 0 Å². The van der Waals surface area contributed by atoms with Gasteiger partial charge in [-0.1, -0.05) is 200 Å². The molecule has 10 aromatic rings. The Labute approximate surface area is 351 Å². The first kappa shape index (κ1) is 34.3. The van der Waals surface area contributed by atoms with E-state index in [2.05, 4.69) is 241 Å². The first-order valence-corrected chi connectivity index (χ1v) is 20.9. The van der Waals surface area contributed by atoms with Crippen LogP contribution < -0.4 is 4.90 Å². The van der Waals surface area contributed by atoms with E-state index in [9.17, 15) is 0 Å². The highest BCUT2D eigenvalue weighted by molar-refractivity contribution is 6.07. The summed E-state index contributed by atoms with van der Waals surface area (Å²) in [6.07, 6.45) is 0. The van der Waals surface area contributed by atoms with Crippen LogP contribution in [0.4, 0.5) is 17.1 Å². The third-order valence-corrected chi connectivity index (χ3v) is 12.9. The Morgan fingerprint density at radius 1 is 0.267 bits per heavy atom. The molecule has 0 saturated carbocycles. The van der Waals surface area contributed by atoms with Crippen molar-refractivity contribution >= 4 is 27.8 Å². The van der Waals surface area contributed by atoms with Gasteiger partial charge in [0.1, 0.15) is 0 Å². The van der Waals surface area contributed by atoms with E-state index in [1.54, 1.807) is 0 Å². The Morgan fingerprint density at radius 3 is 1.37 bits per heavy atom. The van der Waals surface area contributed by atoms with Gasteiger partial charge in [-0.2, -0.15) is 0 Å². The molecule has 1 spiro atoms. The summed E-state index contributed by atoms with van der Waals surface area (Å²) in [6.45, 7) is 0. The van der Waals surface area contributed by atoms with Crippen molar-refractivity contribution in [1.29, 1.82) is 0 Å². The lowest BCUT2D eigenvalue weighted by Gasteiger charge is -2.30. The predicted molar refractivity (Wildman–Crippen MR) is 251 cm³/mol. The average molecular weight is 762 g/mol. The average Bonchev–Trinajstić information content (AvgIpc) is 3.80. The number of hydrogen-bond acceptors (Lipinski definition) is 1. The summed E-state index contributed by atoms with van der Waals surface area (Å²) in [5.41, 5.74) is 21.1. The first-order chi connectivity index (χ1) is 29.8. The largest absolute Gasteiger partial charge is 0.310 e. The molecule has 2 aliphatic carbocycles. The Morgan fingerprint density at radius 2 is 0.717 bits per heavy atom. The second-order valence-corrected chi connectivity index (χ2v) is 15.9. The fourth-order valence-corrected chi connectivity index (χ4v) is 10.5. The molecule has 0 heterocycles. The minimum Gasteiger partial charge on any atom is -0.310 e. The fraction of sp³-hybridized carbons (Fsp3) is 0.0169. The highest BCUT2D eigenvalue weighted by Gasteiger charge is 2.52. The number of benzene rings is 10. The summed E-state index contributed by atoms with van der Waals surface area (Å²) in [5, 5.41) is 2.42. The number of fused-ring (bicyclic) bond motifs is 11. The maximum Gasteiger partial charge on any atom is 0.0725 e. The van der Waals surface area contributed by atoms with E-state index in [0.717, 1.165) is 17.1 Å². The van der Waals surface area contributed by atoms with Crippen molar-refractivity contribution in [3.8, 4) is 55.6 Å². The lowest BCUT2D eigenvalue weighted by Crippen LogP contribution is -2.25. The van der Waals surface area contributed by atoms with Gasteiger partial charge in [-0.15, -0.1) is 0 Å². The van der Waals surface area contributed by atoms with E-state index in [4.69, 9.17) is 0 Å². The van der Waals surface area contributed by atoms with E-state index >= 15 is 0 Å². The summed E-state index contributed by atoms with van der Waals surface area (Å²) in [6, 6.07) is 87.1. The molecule has 0 saturated heterocycles. The molecule has 0 bridgehead atoms. The van der Waals surface area contributed by atoms with Crippen LogP contribution in [0.1, 0.15) is 22.3 Å². The Balaban J connectivity index is 1.02. The molecule has 0 fully saturated rings. The van der Waals surface area contributed by atoms with E-state index in [0.29, 0.717) is 0 Å². The third kappa shape index (κ3) is 4.99. The van der Waals surface area contributed by atoms with E-state index in [1.807, 2.05) is 0 Å². The van der Waals surface area contributed by atoms with Gasteiger partial charge in [-0.05, 0) is 120 Å². The van der Waals surface area contributed by atoms with Crippen molar-refractivity contribution in [2.45, 2.75) is 5.41 Å². The Hall–Kier alpha value is -7.74. The van der Waals surface area contributed by atoms with Gasteiger partial charge in [0.15, 0.2) is 0 Å². The molecular weight excluding hydrogens is 723 g/mol. The quantitative estimate of drug-likeness (QED) is 0.163. The van der Waals surface area contributed by atoms with Gasteiger partial charge in [0, 0.05) is 16.8 Å². The van der Waals surface area contributed by atoms with Crippen molar-refractivity contribution < 1.29 is 0 Å². The molecule has 0 atom stereocenters. The minimum absolute atomic E-state index is 0.381. The smallest absolute Gasteiger partial charge is 0.0725 e. The maximum atomic E-state index is 2.38. The van der Waals surface area contributed by atoms with Crippen molar-refractivity contribution in [3.05, 3.63) is 259 Å². The van der Waals surface area contributed by atoms with Gasteiger partial charge in [0.25, 0.3) is 0 Å². The van der Waals surface area contributed by atoms with Crippen LogP contribution in [0.2, 0.25) is 0 Å². The minimum atomic E-state index is -0.381. The fourth-order valence-electron chi connectivity index (χ4n) is 10.5. The second kappa shape index (κ2) is 13.7. The summed E-state index contributed by atoms with van der Waals surface area (Å²) in [7, 11) is 0. The molecule has 1 nitrogen and oxygen atoms in total. The SMILES string of the molecule is c1ccc(N(c2ccccc2)c2ccc(-c3cccc(-c4ccccc4-c4cccc5c4-c4ccccc4C54c5ccccc5-c5ccccc54)c3)c3ccccc23)cc1. The molecule has 0 N–H and O–H groups in total. The van der Waals surface area contributed by atoms with Crippen LogP contribution in [-0.2, 0) is 5.41 Å². The summed E-state index contributed by atoms with van der Waals surface area (Å²) in [5.74, 6) is 0. The van der Waals surface area contributed by atoms with Crippen LogP contribution in [-0.4, -0.2) is 0 Å². The Kier molecular flexibility index (Phi) is 7.83. The lowest BCUT2D eigenvalue weighted by molar-refractivity contribution is 0.794. The first-order valence-electron chi connectivity index (χ1n) is 20.9. The number of para-hydroxylation sites is 2. The maximum absolute atomic E-state index is 2.38. The highest BCUT2D eigenvalue weighted by atomic mass is 15.1. The number of nitrogens with zero attached hydrogens (tertiary/aromatic N) is 1. The van der Waals surface area contributed by atoms with Crippen LogP contribution >= 0.6 is 0 Å². The molecule has 0 aliphatic heterocycles. The van der Waals surface area contributed by atoms with Gasteiger partial charge >= 0.3 is 0 Å². The number of rotatable bonds is 6. The predicted octanol–water partition coefficient (Wildman–Crippen LogP) is 15.7. The lowest BCUT2D eigenvalue weighted by atomic mass is 9.70. The molecule has 0 amide bonds. The molecule has 0 radical (unpaired) electrons. The van der Waals surface area contributed by atoms with Gasteiger partial charge in [-0.25, -0.2) is 0 Å². The van der Waals surface area contributed by atoms with Gasteiger partial charge in [-0.3, -0.25) is 0 Å². The normalized spacial score (nSPS) is 12.8. The zero-order valence-corrected chi connectivity index (χ0v) is 33.0. The molecule has 0 aromatic heterocycles. The van der Waals surface area contributed by atoms with Crippen LogP contribution in [0.5, 0.6) is 0 Å².